The van der Waals surface area contributed by atoms with Gasteiger partial charge in [-0.25, -0.2) is 12.8 Å². The molecular formula is C26H34FN3O4S. The standard InChI is InChI=1S/C26H34FN3O4S/c1-18-9-10-19(2)24(15-18)30(35(4,33)34)17-25(31)29(16-21-11-13-22(27)14-12-21)20(3)26(32)28-23-7-5-6-8-23/h9-15,20,23H,5-8,16-17H2,1-4H3,(H,28,32)/t20-/m1/s1. The fourth-order valence-electron chi connectivity index (χ4n) is 4.34. The van der Waals surface area contributed by atoms with Crippen LogP contribution in [0.3, 0.4) is 0 Å². The number of nitrogens with zero attached hydrogens (tertiary/aromatic N) is 2. The second kappa shape index (κ2) is 11.2. The molecule has 1 aliphatic carbocycles. The van der Waals surface area contributed by atoms with Crippen LogP contribution in [-0.4, -0.2) is 50.0 Å². The van der Waals surface area contributed by atoms with Crippen molar-refractivity contribution in [1.29, 1.82) is 0 Å². The molecule has 0 unspecified atom stereocenters. The molecule has 2 aromatic rings. The maximum Gasteiger partial charge on any atom is 0.244 e. The Bertz CT molecular complexity index is 1160. The van der Waals surface area contributed by atoms with Crippen LogP contribution in [0.25, 0.3) is 0 Å². The van der Waals surface area contributed by atoms with Gasteiger partial charge >= 0.3 is 0 Å². The summed E-state index contributed by atoms with van der Waals surface area (Å²) >= 11 is 0. The van der Waals surface area contributed by atoms with Gasteiger partial charge in [0.05, 0.1) is 11.9 Å². The third kappa shape index (κ3) is 7.04. The van der Waals surface area contributed by atoms with Crippen LogP contribution in [0.4, 0.5) is 10.1 Å². The first kappa shape index (κ1) is 26.7. The van der Waals surface area contributed by atoms with Gasteiger partial charge in [-0.3, -0.25) is 13.9 Å². The number of anilines is 1. The summed E-state index contributed by atoms with van der Waals surface area (Å²) < 4.78 is 40.0. The molecule has 0 heterocycles. The normalized spacial score (nSPS) is 15.0. The van der Waals surface area contributed by atoms with Crippen molar-refractivity contribution in [2.75, 3.05) is 17.1 Å². The molecule has 2 aromatic carbocycles. The SMILES string of the molecule is Cc1ccc(C)c(N(CC(=O)N(Cc2ccc(F)cc2)[C@H](C)C(=O)NC2CCCC2)S(C)(=O)=O)c1. The molecule has 190 valence electrons. The molecule has 35 heavy (non-hydrogen) atoms. The molecule has 9 heteroatoms. The van der Waals surface area contributed by atoms with E-state index in [0.29, 0.717) is 16.8 Å². The fraction of sp³-hybridized carbons (Fsp3) is 0.462. The zero-order valence-corrected chi connectivity index (χ0v) is 21.6. The first-order valence-electron chi connectivity index (χ1n) is 11.8. The Morgan fingerprint density at radius 2 is 1.71 bits per heavy atom. The highest BCUT2D eigenvalue weighted by atomic mass is 32.2. The van der Waals surface area contributed by atoms with Crippen LogP contribution in [-0.2, 0) is 26.2 Å². The zero-order valence-electron chi connectivity index (χ0n) is 20.8. The molecule has 1 aliphatic rings. The zero-order chi connectivity index (χ0) is 25.8. The number of sulfonamides is 1. The van der Waals surface area contributed by atoms with Crippen molar-refractivity contribution in [1.82, 2.24) is 10.2 Å². The minimum absolute atomic E-state index is 0.0444. The third-order valence-corrected chi connectivity index (χ3v) is 7.57. The second-order valence-corrected chi connectivity index (χ2v) is 11.3. The molecule has 1 fully saturated rings. The van der Waals surface area contributed by atoms with Gasteiger partial charge in [0.1, 0.15) is 18.4 Å². The van der Waals surface area contributed by atoms with E-state index in [9.17, 15) is 22.4 Å². The summed E-state index contributed by atoms with van der Waals surface area (Å²) in [5.74, 6) is -1.21. The molecule has 0 aliphatic heterocycles. The van der Waals surface area contributed by atoms with Crippen molar-refractivity contribution in [3.05, 3.63) is 65.0 Å². The molecule has 3 rings (SSSR count). The van der Waals surface area contributed by atoms with E-state index < -0.39 is 34.3 Å². The molecule has 2 amide bonds. The first-order valence-corrected chi connectivity index (χ1v) is 13.7. The Hall–Kier alpha value is -2.94. The van der Waals surface area contributed by atoms with E-state index in [-0.39, 0.29) is 18.5 Å². The topological polar surface area (TPSA) is 86.8 Å². The van der Waals surface area contributed by atoms with Crippen LogP contribution in [0.1, 0.15) is 49.3 Å². The molecular weight excluding hydrogens is 469 g/mol. The van der Waals surface area contributed by atoms with Crippen molar-refractivity contribution in [3.63, 3.8) is 0 Å². The highest BCUT2D eigenvalue weighted by molar-refractivity contribution is 7.92. The van der Waals surface area contributed by atoms with Crippen LogP contribution in [0.15, 0.2) is 42.5 Å². The van der Waals surface area contributed by atoms with Crippen molar-refractivity contribution < 1.29 is 22.4 Å². The average molecular weight is 504 g/mol. The predicted molar refractivity (Wildman–Crippen MR) is 135 cm³/mol. The lowest BCUT2D eigenvalue weighted by Crippen LogP contribution is -2.52. The largest absolute Gasteiger partial charge is 0.352 e. The Balaban J connectivity index is 1.90. The number of nitrogens with one attached hydrogen (secondary N) is 1. The van der Waals surface area contributed by atoms with Gasteiger partial charge < -0.3 is 10.2 Å². The number of hydrogen-bond acceptors (Lipinski definition) is 4. The van der Waals surface area contributed by atoms with E-state index in [0.717, 1.165) is 41.8 Å². The van der Waals surface area contributed by atoms with E-state index in [1.807, 2.05) is 13.0 Å². The first-order chi connectivity index (χ1) is 16.5. The Morgan fingerprint density at radius 1 is 1.09 bits per heavy atom. The van der Waals surface area contributed by atoms with Gasteiger partial charge in [0.25, 0.3) is 0 Å². The summed E-state index contributed by atoms with van der Waals surface area (Å²) in [7, 11) is -3.79. The number of halogens is 1. The Morgan fingerprint density at radius 3 is 2.31 bits per heavy atom. The monoisotopic (exact) mass is 503 g/mol. The van der Waals surface area contributed by atoms with Gasteiger partial charge in [-0.2, -0.15) is 0 Å². The molecule has 1 N–H and O–H groups in total. The van der Waals surface area contributed by atoms with Crippen LogP contribution >= 0.6 is 0 Å². The van der Waals surface area contributed by atoms with Crippen molar-refractivity contribution >= 4 is 27.5 Å². The fourth-order valence-corrected chi connectivity index (χ4v) is 5.24. The van der Waals surface area contributed by atoms with Crippen LogP contribution in [0.2, 0.25) is 0 Å². The maximum absolute atomic E-state index is 13.6. The lowest BCUT2D eigenvalue weighted by molar-refractivity contribution is -0.139. The van der Waals surface area contributed by atoms with E-state index >= 15 is 0 Å². The minimum atomic E-state index is -3.79. The van der Waals surface area contributed by atoms with Gasteiger partial charge in [0.2, 0.25) is 21.8 Å². The van der Waals surface area contributed by atoms with E-state index in [4.69, 9.17) is 0 Å². The lowest BCUT2D eigenvalue weighted by Gasteiger charge is -2.32. The van der Waals surface area contributed by atoms with Crippen LogP contribution in [0.5, 0.6) is 0 Å². The maximum atomic E-state index is 13.6. The van der Waals surface area contributed by atoms with Gasteiger partial charge in [-0.1, -0.05) is 37.1 Å². The van der Waals surface area contributed by atoms with Gasteiger partial charge in [0, 0.05) is 12.6 Å². The molecule has 7 nitrogen and oxygen atoms in total. The predicted octanol–water partition coefficient (Wildman–Crippen LogP) is 3.68. The van der Waals surface area contributed by atoms with E-state index in [2.05, 4.69) is 5.32 Å². The second-order valence-electron chi connectivity index (χ2n) is 9.37. The van der Waals surface area contributed by atoms with E-state index in [1.54, 1.807) is 38.1 Å². The summed E-state index contributed by atoms with van der Waals surface area (Å²) in [4.78, 5) is 28.0. The molecule has 0 saturated heterocycles. The van der Waals surface area contributed by atoms with Crippen molar-refractivity contribution in [2.24, 2.45) is 0 Å². The number of benzene rings is 2. The quantitative estimate of drug-likeness (QED) is 0.566. The minimum Gasteiger partial charge on any atom is -0.352 e. The number of carbonyl (C=O) groups is 2. The van der Waals surface area contributed by atoms with Crippen LogP contribution < -0.4 is 9.62 Å². The molecule has 0 radical (unpaired) electrons. The number of amides is 2. The van der Waals surface area contributed by atoms with Crippen LogP contribution in [0, 0.1) is 19.7 Å². The molecule has 0 spiro atoms. The number of hydrogen-bond donors (Lipinski definition) is 1. The number of carbonyl (C=O) groups excluding carboxylic acids is 2. The highest BCUT2D eigenvalue weighted by Gasteiger charge is 2.31. The molecule has 1 atom stereocenters. The summed E-state index contributed by atoms with van der Waals surface area (Å²) in [6.07, 6.45) is 4.97. The smallest absolute Gasteiger partial charge is 0.244 e. The molecule has 0 bridgehead atoms. The summed E-state index contributed by atoms with van der Waals surface area (Å²) in [5.41, 5.74) is 2.63. The number of rotatable bonds is 9. The summed E-state index contributed by atoms with van der Waals surface area (Å²) in [5, 5.41) is 3.02. The Labute approximate surface area is 207 Å². The summed E-state index contributed by atoms with van der Waals surface area (Å²) in [6.45, 7) is 4.86. The highest BCUT2D eigenvalue weighted by Crippen LogP contribution is 2.25. The lowest BCUT2D eigenvalue weighted by atomic mass is 10.1. The van der Waals surface area contributed by atoms with E-state index in [1.165, 1.54) is 17.0 Å². The number of aryl methyl sites for hydroxylation is 2. The van der Waals surface area contributed by atoms with Gasteiger partial charge in [-0.05, 0) is 68.5 Å². The summed E-state index contributed by atoms with van der Waals surface area (Å²) in [6, 6.07) is 10.3. The van der Waals surface area contributed by atoms with Crippen molar-refractivity contribution in [3.8, 4) is 0 Å². The van der Waals surface area contributed by atoms with Gasteiger partial charge in [0.15, 0.2) is 0 Å². The Kier molecular flexibility index (Phi) is 8.53. The van der Waals surface area contributed by atoms with Crippen molar-refractivity contribution in [2.45, 2.75) is 65.1 Å². The third-order valence-electron chi connectivity index (χ3n) is 6.45. The average Bonchev–Trinajstić information content (AvgIpc) is 3.30. The van der Waals surface area contributed by atoms with Gasteiger partial charge in [-0.15, -0.1) is 0 Å². The molecule has 1 saturated carbocycles. The molecule has 0 aromatic heterocycles.